The van der Waals surface area contributed by atoms with Crippen molar-refractivity contribution >= 4 is 0 Å². The SMILES string of the molecule is C#CCC(CC)NC(C)C1CCOC1. The topological polar surface area (TPSA) is 21.3 Å². The molecule has 0 aromatic carbocycles. The Hall–Kier alpha value is -0.520. The third-order valence-electron chi connectivity index (χ3n) is 3.03. The van der Waals surface area contributed by atoms with Crippen molar-refractivity contribution in [2.24, 2.45) is 5.92 Å². The maximum Gasteiger partial charge on any atom is 0.0509 e. The molecule has 1 aliphatic heterocycles. The molecule has 1 N–H and O–H groups in total. The molecule has 0 amide bonds. The Balaban J connectivity index is 2.30. The fourth-order valence-electron chi connectivity index (χ4n) is 1.92. The third-order valence-corrected chi connectivity index (χ3v) is 3.03. The fourth-order valence-corrected chi connectivity index (χ4v) is 1.92. The van der Waals surface area contributed by atoms with Crippen LogP contribution in [0.5, 0.6) is 0 Å². The molecule has 1 saturated heterocycles. The first-order chi connectivity index (χ1) is 6.77. The predicted octanol–water partition coefficient (Wildman–Crippen LogP) is 1.80. The molecule has 0 aromatic rings. The molecule has 1 fully saturated rings. The zero-order chi connectivity index (χ0) is 10.4. The van der Waals surface area contributed by atoms with E-state index in [2.05, 4.69) is 25.1 Å². The molecule has 0 spiro atoms. The number of rotatable bonds is 5. The number of terminal acetylenes is 1. The zero-order valence-electron chi connectivity index (χ0n) is 9.25. The average Bonchev–Trinajstić information content (AvgIpc) is 2.69. The van der Waals surface area contributed by atoms with Crippen LogP contribution in [-0.4, -0.2) is 25.3 Å². The minimum atomic E-state index is 0.468. The van der Waals surface area contributed by atoms with Gasteiger partial charge in [0.25, 0.3) is 0 Å². The molecule has 14 heavy (non-hydrogen) atoms. The van der Waals surface area contributed by atoms with Gasteiger partial charge in [-0.2, -0.15) is 0 Å². The minimum absolute atomic E-state index is 0.468. The van der Waals surface area contributed by atoms with E-state index >= 15 is 0 Å². The average molecular weight is 195 g/mol. The Morgan fingerprint density at radius 1 is 1.64 bits per heavy atom. The summed E-state index contributed by atoms with van der Waals surface area (Å²) < 4.78 is 5.37. The minimum Gasteiger partial charge on any atom is -0.381 e. The lowest BCUT2D eigenvalue weighted by atomic mass is 9.99. The molecule has 1 rings (SSSR count). The molecule has 80 valence electrons. The molecule has 0 radical (unpaired) electrons. The second-order valence-electron chi connectivity index (χ2n) is 4.09. The van der Waals surface area contributed by atoms with Gasteiger partial charge in [0.2, 0.25) is 0 Å². The Labute approximate surface area is 87.4 Å². The van der Waals surface area contributed by atoms with E-state index in [1.54, 1.807) is 0 Å². The van der Waals surface area contributed by atoms with E-state index in [9.17, 15) is 0 Å². The van der Waals surface area contributed by atoms with E-state index in [0.29, 0.717) is 18.0 Å². The van der Waals surface area contributed by atoms with Crippen molar-refractivity contribution in [1.82, 2.24) is 5.32 Å². The second-order valence-corrected chi connectivity index (χ2v) is 4.09. The van der Waals surface area contributed by atoms with Crippen molar-refractivity contribution in [3.05, 3.63) is 0 Å². The van der Waals surface area contributed by atoms with Crippen LogP contribution in [0.15, 0.2) is 0 Å². The van der Waals surface area contributed by atoms with Crippen LogP contribution in [-0.2, 0) is 4.74 Å². The van der Waals surface area contributed by atoms with E-state index in [0.717, 1.165) is 26.1 Å². The van der Waals surface area contributed by atoms with Crippen LogP contribution in [0.2, 0.25) is 0 Å². The second kappa shape index (κ2) is 6.06. The predicted molar refractivity (Wildman–Crippen MR) is 59.1 cm³/mol. The normalized spacial score (nSPS) is 25.6. The number of nitrogens with one attached hydrogen (secondary N) is 1. The summed E-state index contributed by atoms with van der Waals surface area (Å²) in [6, 6.07) is 0.992. The van der Waals surface area contributed by atoms with E-state index in [4.69, 9.17) is 11.2 Å². The molecule has 0 saturated carbocycles. The monoisotopic (exact) mass is 195 g/mol. The van der Waals surface area contributed by atoms with Crippen LogP contribution in [0.1, 0.15) is 33.1 Å². The molecule has 2 heteroatoms. The van der Waals surface area contributed by atoms with Gasteiger partial charge in [0.15, 0.2) is 0 Å². The van der Waals surface area contributed by atoms with Crippen molar-refractivity contribution in [3.63, 3.8) is 0 Å². The van der Waals surface area contributed by atoms with E-state index in [1.807, 2.05) is 0 Å². The standard InChI is InChI=1S/C12H21NO/c1-4-6-12(5-2)13-10(3)11-7-8-14-9-11/h1,10-13H,5-9H2,2-3H3. The first-order valence-electron chi connectivity index (χ1n) is 5.55. The first-order valence-corrected chi connectivity index (χ1v) is 5.55. The lowest BCUT2D eigenvalue weighted by molar-refractivity contribution is 0.176. The summed E-state index contributed by atoms with van der Waals surface area (Å²) in [5.41, 5.74) is 0. The molecule has 1 aliphatic rings. The molecule has 3 atom stereocenters. The van der Waals surface area contributed by atoms with Gasteiger partial charge in [-0.25, -0.2) is 0 Å². The van der Waals surface area contributed by atoms with Crippen LogP contribution in [0.3, 0.4) is 0 Å². The van der Waals surface area contributed by atoms with Gasteiger partial charge < -0.3 is 10.1 Å². The Morgan fingerprint density at radius 3 is 2.93 bits per heavy atom. The van der Waals surface area contributed by atoms with E-state index in [-0.39, 0.29) is 0 Å². The molecule has 3 unspecified atom stereocenters. The quantitative estimate of drug-likeness (QED) is 0.675. The van der Waals surface area contributed by atoms with Crippen LogP contribution < -0.4 is 5.32 Å². The van der Waals surface area contributed by atoms with Crippen molar-refractivity contribution < 1.29 is 4.74 Å². The summed E-state index contributed by atoms with van der Waals surface area (Å²) in [7, 11) is 0. The Morgan fingerprint density at radius 2 is 2.43 bits per heavy atom. The van der Waals surface area contributed by atoms with Crippen molar-refractivity contribution in [2.75, 3.05) is 13.2 Å². The smallest absolute Gasteiger partial charge is 0.0509 e. The van der Waals surface area contributed by atoms with E-state index in [1.165, 1.54) is 6.42 Å². The first kappa shape index (κ1) is 11.6. The van der Waals surface area contributed by atoms with E-state index < -0.39 is 0 Å². The highest BCUT2D eigenvalue weighted by atomic mass is 16.5. The van der Waals surface area contributed by atoms with Gasteiger partial charge in [-0.15, -0.1) is 12.3 Å². The lowest BCUT2D eigenvalue weighted by Gasteiger charge is -2.24. The summed E-state index contributed by atoms with van der Waals surface area (Å²) in [5.74, 6) is 3.39. The summed E-state index contributed by atoms with van der Waals surface area (Å²) in [4.78, 5) is 0. The summed E-state index contributed by atoms with van der Waals surface area (Å²) in [6.45, 7) is 6.23. The number of hydrogen-bond acceptors (Lipinski definition) is 2. The number of ether oxygens (including phenoxy) is 1. The molecule has 0 bridgehead atoms. The number of hydrogen-bond donors (Lipinski definition) is 1. The Kier molecular flexibility index (Phi) is 5.00. The largest absolute Gasteiger partial charge is 0.381 e. The highest BCUT2D eigenvalue weighted by Gasteiger charge is 2.23. The van der Waals surface area contributed by atoms with Gasteiger partial charge >= 0.3 is 0 Å². The molecule has 2 nitrogen and oxygen atoms in total. The Bertz CT molecular complexity index is 191. The third kappa shape index (κ3) is 3.32. The van der Waals surface area contributed by atoms with Gasteiger partial charge in [-0.3, -0.25) is 0 Å². The maximum atomic E-state index is 5.37. The molecular weight excluding hydrogens is 174 g/mol. The molecular formula is C12H21NO. The fraction of sp³-hybridized carbons (Fsp3) is 0.833. The van der Waals surface area contributed by atoms with Gasteiger partial charge in [0, 0.05) is 25.1 Å². The molecule has 0 aromatic heterocycles. The molecule has 0 aliphatic carbocycles. The van der Waals surface area contributed by atoms with Gasteiger partial charge in [-0.1, -0.05) is 6.92 Å². The zero-order valence-corrected chi connectivity index (χ0v) is 9.25. The van der Waals surface area contributed by atoms with Crippen LogP contribution in [0.25, 0.3) is 0 Å². The van der Waals surface area contributed by atoms with Crippen molar-refractivity contribution in [2.45, 2.75) is 45.2 Å². The van der Waals surface area contributed by atoms with Crippen LogP contribution >= 0.6 is 0 Å². The van der Waals surface area contributed by atoms with Gasteiger partial charge in [-0.05, 0) is 25.7 Å². The highest BCUT2D eigenvalue weighted by Crippen LogP contribution is 2.17. The lowest BCUT2D eigenvalue weighted by Crippen LogP contribution is -2.40. The van der Waals surface area contributed by atoms with Crippen molar-refractivity contribution in [3.8, 4) is 12.3 Å². The highest BCUT2D eigenvalue weighted by molar-refractivity contribution is 4.91. The van der Waals surface area contributed by atoms with Crippen LogP contribution in [0, 0.1) is 18.3 Å². The van der Waals surface area contributed by atoms with Crippen molar-refractivity contribution in [1.29, 1.82) is 0 Å². The summed E-state index contributed by atoms with van der Waals surface area (Å²) in [5, 5.41) is 3.59. The summed E-state index contributed by atoms with van der Waals surface area (Å²) in [6.07, 6.45) is 8.43. The summed E-state index contributed by atoms with van der Waals surface area (Å²) >= 11 is 0. The maximum absolute atomic E-state index is 5.37. The molecule has 1 heterocycles. The van der Waals surface area contributed by atoms with Gasteiger partial charge in [0.1, 0.15) is 0 Å². The van der Waals surface area contributed by atoms with Gasteiger partial charge in [0.05, 0.1) is 6.61 Å². The van der Waals surface area contributed by atoms with Crippen LogP contribution in [0.4, 0.5) is 0 Å².